The minimum Gasteiger partial charge on any atom is -0.338 e. The Morgan fingerprint density at radius 2 is 1.70 bits per heavy atom. The summed E-state index contributed by atoms with van der Waals surface area (Å²) in [4.78, 5) is 30.0. The predicted octanol–water partition coefficient (Wildman–Crippen LogP) is 3.93. The first-order valence-corrected chi connectivity index (χ1v) is 9.63. The number of carbonyl (C=O) groups excluding carboxylic acids is 1. The maximum Gasteiger partial charge on any atom is 0.326 e. The number of aromatic amines is 1. The number of hydrogen-bond acceptors (Lipinski definition) is 2. The maximum absolute atomic E-state index is 12.8. The van der Waals surface area contributed by atoms with Crippen molar-refractivity contribution >= 4 is 16.9 Å². The number of imidazole rings is 1. The first-order chi connectivity index (χ1) is 13.0. The summed E-state index contributed by atoms with van der Waals surface area (Å²) in [6, 6.07) is 15.8. The number of nitrogens with zero attached hydrogens (tertiary/aromatic N) is 2. The molecule has 0 spiro atoms. The van der Waals surface area contributed by atoms with Gasteiger partial charge in [-0.25, -0.2) is 4.79 Å². The van der Waals surface area contributed by atoms with Gasteiger partial charge >= 0.3 is 5.69 Å². The topological polar surface area (TPSA) is 58.1 Å². The molecule has 1 fully saturated rings. The van der Waals surface area contributed by atoms with Crippen molar-refractivity contribution < 1.29 is 4.79 Å². The highest BCUT2D eigenvalue weighted by atomic mass is 16.2. The molecule has 2 aromatic carbocycles. The Morgan fingerprint density at radius 3 is 2.37 bits per heavy atom. The van der Waals surface area contributed by atoms with Crippen molar-refractivity contribution in [2.24, 2.45) is 0 Å². The molecule has 0 bridgehead atoms. The summed E-state index contributed by atoms with van der Waals surface area (Å²) in [7, 11) is 0. The molecule has 1 saturated heterocycles. The molecule has 1 N–H and O–H groups in total. The Labute approximate surface area is 158 Å². The molecule has 0 atom stereocenters. The van der Waals surface area contributed by atoms with Gasteiger partial charge in [0.2, 0.25) is 0 Å². The van der Waals surface area contributed by atoms with E-state index < -0.39 is 0 Å². The molecular formula is C22H25N3O2. The third-order valence-corrected chi connectivity index (χ3v) is 5.57. The van der Waals surface area contributed by atoms with E-state index in [9.17, 15) is 9.59 Å². The molecule has 0 unspecified atom stereocenters. The third-order valence-electron chi connectivity index (χ3n) is 5.57. The van der Waals surface area contributed by atoms with Crippen LogP contribution < -0.4 is 5.69 Å². The molecule has 4 rings (SSSR count). The van der Waals surface area contributed by atoms with Crippen molar-refractivity contribution in [2.45, 2.75) is 38.6 Å². The fraction of sp³-hybridized carbons (Fsp3) is 0.364. The summed E-state index contributed by atoms with van der Waals surface area (Å²) in [6.07, 6.45) is 1.58. The van der Waals surface area contributed by atoms with E-state index in [2.05, 4.69) is 18.8 Å². The molecule has 0 saturated carbocycles. The van der Waals surface area contributed by atoms with Crippen LogP contribution in [0.5, 0.6) is 0 Å². The van der Waals surface area contributed by atoms with Crippen LogP contribution in [0.3, 0.4) is 0 Å². The van der Waals surface area contributed by atoms with E-state index in [1.807, 2.05) is 58.0 Å². The van der Waals surface area contributed by atoms with Crippen LogP contribution in [-0.4, -0.2) is 33.4 Å². The number of aromatic nitrogens is 2. The zero-order valence-corrected chi connectivity index (χ0v) is 15.8. The van der Waals surface area contributed by atoms with Gasteiger partial charge < -0.3 is 9.88 Å². The summed E-state index contributed by atoms with van der Waals surface area (Å²) < 4.78 is 1.86. The van der Waals surface area contributed by atoms with Crippen molar-refractivity contribution in [2.75, 3.05) is 13.1 Å². The number of benzene rings is 2. The molecule has 2 heterocycles. The lowest BCUT2D eigenvalue weighted by atomic mass is 10.00. The first-order valence-electron chi connectivity index (χ1n) is 9.63. The van der Waals surface area contributed by atoms with Crippen LogP contribution in [0.1, 0.15) is 54.6 Å². The molecule has 5 heteroatoms. The number of H-pyrrole nitrogens is 1. The van der Waals surface area contributed by atoms with Crippen molar-refractivity contribution in [1.82, 2.24) is 14.5 Å². The van der Waals surface area contributed by atoms with Crippen LogP contribution in [0.2, 0.25) is 0 Å². The Hall–Kier alpha value is -2.82. The van der Waals surface area contributed by atoms with Crippen LogP contribution in [-0.2, 0) is 0 Å². The normalized spacial score (nSPS) is 15.6. The zero-order chi connectivity index (χ0) is 19.0. The first kappa shape index (κ1) is 17.6. The highest BCUT2D eigenvalue weighted by Gasteiger charge is 2.26. The van der Waals surface area contributed by atoms with Crippen molar-refractivity contribution in [3.05, 3.63) is 70.1 Å². The number of piperidine rings is 1. The molecule has 140 valence electrons. The standard InChI is InChI=1S/C22H25N3O2/c1-15(2)16-7-9-17(10-8-16)21(26)24-13-11-18(12-14-24)25-20-6-4-3-5-19(20)23-22(25)27/h3-10,15,18H,11-14H2,1-2H3,(H,23,27). The Morgan fingerprint density at radius 1 is 1.04 bits per heavy atom. The molecule has 0 aliphatic carbocycles. The van der Waals surface area contributed by atoms with Gasteiger partial charge in [-0.3, -0.25) is 9.36 Å². The molecule has 5 nitrogen and oxygen atoms in total. The molecule has 1 aromatic heterocycles. The average molecular weight is 363 g/mol. The number of carbonyl (C=O) groups is 1. The number of fused-ring (bicyclic) bond motifs is 1. The van der Waals surface area contributed by atoms with Gasteiger partial charge in [0.05, 0.1) is 11.0 Å². The molecule has 1 aliphatic heterocycles. The summed E-state index contributed by atoms with van der Waals surface area (Å²) in [5, 5.41) is 0. The summed E-state index contributed by atoms with van der Waals surface area (Å²) in [6.45, 7) is 5.63. The molecule has 3 aromatic rings. The summed E-state index contributed by atoms with van der Waals surface area (Å²) in [5.41, 5.74) is 3.72. The maximum atomic E-state index is 12.8. The monoisotopic (exact) mass is 363 g/mol. The van der Waals surface area contributed by atoms with Crippen LogP contribution in [0, 0.1) is 0 Å². The van der Waals surface area contributed by atoms with Crippen molar-refractivity contribution in [3.63, 3.8) is 0 Å². The zero-order valence-electron chi connectivity index (χ0n) is 15.8. The quantitative estimate of drug-likeness (QED) is 0.766. The van der Waals surface area contributed by atoms with Crippen LogP contribution >= 0.6 is 0 Å². The third kappa shape index (κ3) is 3.29. The number of rotatable bonds is 3. The average Bonchev–Trinajstić information content (AvgIpc) is 3.03. The number of amides is 1. The Balaban J connectivity index is 1.47. The second-order valence-corrected chi connectivity index (χ2v) is 7.62. The van der Waals surface area contributed by atoms with E-state index in [1.165, 1.54) is 5.56 Å². The van der Waals surface area contributed by atoms with E-state index >= 15 is 0 Å². The van der Waals surface area contributed by atoms with Gasteiger partial charge in [0.15, 0.2) is 0 Å². The second kappa shape index (κ2) is 7.06. The smallest absolute Gasteiger partial charge is 0.326 e. The minimum absolute atomic E-state index is 0.0646. The van der Waals surface area contributed by atoms with Gasteiger partial charge in [-0.15, -0.1) is 0 Å². The fourth-order valence-corrected chi connectivity index (χ4v) is 3.96. The summed E-state index contributed by atoms with van der Waals surface area (Å²) in [5.74, 6) is 0.536. The lowest BCUT2D eigenvalue weighted by Crippen LogP contribution is -2.40. The van der Waals surface area contributed by atoms with Gasteiger partial charge in [0.25, 0.3) is 5.91 Å². The number of likely N-dealkylation sites (tertiary alicyclic amines) is 1. The number of nitrogens with one attached hydrogen (secondary N) is 1. The predicted molar refractivity (Wildman–Crippen MR) is 107 cm³/mol. The van der Waals surface area contributed by atoms with E-state index in [4.69, 9.17) is 0 Å². The van der Waals surface area contributed by atoms with Crippen LogP contribution in [0.4, 0.5) is 0 Å². The molecule has 1 amide bonds. The minimum atomic E-state index is -0.0646. The van der Waals surface area contributed by atoms with Gasteiger partial charge in [0, 0.05) is 24.7 Å². The highest BCUT2D eigenvalue weighted by molar-refractivity contribution is 5.94. The molecule has 0 radical (unpaired) electrons. The Kier molecular flexibility index (Phi) is 4.60. The second-order valence-electron chi connectivity index (χ2n) is 7.62. The van der Waals surface area contributed by atoms with Crippen molar-refractivity contribution in [3.8, 4) is 0 Å². The molecule has 1 aliphatic rings. The van der Waals surface area contributed by atoms with E-state index in [0.29, 0.717) is 19.0 Å². The molecular weight excluding hydrogens is 338 g/mol. The van der Waals surface area contributed by atoms with Gasteiger partial charge in [-0.2, -0.15) is 0 Å². The summed E-state index contributed by atoms with van der Waals surface area (Å²) >= 11 is 0. The van der Waals surface area contributed by atoms with Gasteiger partial charge in [-0.1, -0.05) is 38.1 Å². The van der Waals surface area contributed by atoms with E-state index in [0.717, 1.165) is 29.4 Å². The number of hydrogen-bond donors (Lipinski definition) is 1. The highest BCUT2D eigenvalue weighted by Crippen LogP contribution is 2.26. The molecule has 27 heavy (non-hydrogen) atoms. The van der Waals surface area contributed by atoms with Crippen LogP contribution in [0.15, 0.2) is 53.3 Å². The largest absolute Gasteiger partial charge is 0.338 e. The van der Waals surface area contributed by atoms with Crippen molar-refractivity contribution in [1.29, 1.82) is 0 Å². The lowest BCUT2D eigenvalue weighted by Gasteiger charge is -2.32. The van der Waals surface area contributed by atoms with E-state index in [1.54, 1.807) is 0 Å². The number of para-hydroxylation sites is 2. The van der Waals surface area contributed by atoms with Crippen LogP contribution in [0.25, 0.3) is 11.0 Å². The SMILES string of the molecule is CC(C)c1ccc(C(=O)N2CCC(n3c(=O)[nH]c4ccccc43)CC2)cc1. The fourth-order valence-electron chi connectivity index (χ4n) is 3.96. The van der Waals surface area contributed by atoms with E-state index in [-0.39, 0.29) is 17.6 Å². The lowest BCUT2D eigenvalue weighted by molar-refractivity contribution is 0.0695. The Bertz CT molecular complexity index is 1010. The van der Waals surface area contributed by atoms with Gasteiger partial charge in [0.1, 0.15) is 0 Å². The van der Waals surface area contributed by atoms with Gasteiger partial charge in [-0.05, 0) is 48.6 Å².